The highest BCUT2D eigenvalue weighted by atomic mass is 79.9. The number of furan rings is 1. The number of nitrogens with one attached hydrogen (secondary N) is 2. The number of ether oxygens (including phenoxy) is 1. The van der Waals surface area contributed by atoms with Crippen molar-refractivity contribution in [3.8, 4) is 0 Å². The van der Waals surface area contributed by atoms with E-state index in [4.69, 9.17) is 9.15 Å². The van der Waals surface area contributed by atoms with Crippen LogP contribution in [0.25, 0.3) is 0 Å². The molecule has 2 N–H and O–H groups in total. The second-order valence-electron chi connectivity index (χ2n) is 5.28. The third-order valence-corrected chi connectivity index (χ3v) is 3.58. The van der Waals surface area contributed by atoms with Crippen molar-refractivity contribution in [2.45, 2.75) is 20.0 Å². The van der Waals surface area contributed by atoms with Crippen LogP contribution < -0.4 is 10.6 Å². The van der Waals surface area contributed by atoms with Gasteiger partial charge in [-0.1, -0.05) is 12.1 Å². The van der Waals surface area contributed by atoms with Crippen LogP contribution in [0.5, 0.6) is 0 Å². The molecule has 0 spiro atoms. The predicted octanol–water partition coefficient (Wildman–Crippen LogP) is 2.65. The van der Waals surface area contributed by atoms with E-state index >= 15 is 0 Å². The normalized spacial score (nSPS) is 11.5. The lowest BCUT2D eigenvalue weighted by atomic mass is 10.2. The summed E-state index contributed by atoms with van der Waals surface area (Å²) in [6.07, 6.45) is -0.998. The van der Waals surface area contributed by atoms with Crippen LogP contribution in [0.2, 0.25) is 0 Å². The van der Waals surface area contributed by atoms with E-state index in [0.29, 0.717) is 10.4 Å². The Kier molecular flexibility index (Phi) is 6.35. The standard InChI is InChI=1S/C17H17BrN2O5/c1-10-4-3-5-12(8-10)20-16(22)11(2)24-15(21)9-19-17(23)13-6-7-14(18)25-13/h3-8,11H,9H2,1-2H3,(H,19,23)(H,20,22)/t11-/m1/s1. The topological polar surface area (TPSA) is 97.6 Å². The molecule has 1 atom stereocenters. The highest BCUT2D eigenvalue weighted by molar-refractivity contribution is 9.10. The first-order chi connectivity index (χ1) is 11.8. The van der Waals surface area contributed by atoms with Gasteiger partial charge in [0.15, 0.2) is 16.5 Å². The molecule has 0 radical (unpaired) electrons. The van der Waals surface area contributed by atoms with Crippen LogP contribution in [-0.4, -0.2) is 30.4 Å². The van der Waals surface area contributed by atoms with Gasteiger partial charge in [0.25, 0.3) is 11.8 Å². The van der Waals surface area contributed by atoms with Gasteiger partial charge in [-0.15, -0.1) is 0 Å². The summed E-state index contributed by atoms with van der Waals surface area (Å²) in [4.78, 5) is 35.5. The number of hydrogen-bond donors (Lipinski definition) is 2. The monoisotopic (exact) mass is 408 g/mol. The lowest BCUT2D eigenvalue weighted by molar-refractivity contribution is -0.152. The third kappa shape index (κ3) is 5.75. The fourth-order valence-corrected chi connectivity index (χ4v) is 2.24. The van der Waals surface area contributed by atoms with Crippen LogP contribution >= 0.6 is 15.9 Å². The highest BCUT2D eigenvalue weighted by Gasteiger charge is 2.19. The Morgan fingerprint density at radius 1 is 1.24 bits per heavy atom. The maximum Gasteiger partial charge on any atom is 0.326 e. The molecule has 1 aromatic heterocycles. The van der Waals surface area contributed by atoms with Crippen LogP contribution in [-0.2, 0) is 14.3 Å². The van der Waals surface area contributed by atoms with Gasteiger partial charge in [0.05, 0.1) is 0 Å². The van der Waals surface area contributed by atoms with E-state index in [2.05, 4.69) is 26.6 Å². The minimum Gasteiger partial charge on any atom is -0.451 e. The number of halogens is 1. The fourth-order valence-electron chi connectivity index (χ4n) is 1.93. The van der Waals surface area contributed by atoms with Gasteiger partial charge in [0, 0.05) is 5.69 Å². The minimum atomic E-state index is -0.998. The first-order valence-corrected chi connectivity index (χ1v) is 8.25. The predicted molar refractivity (Wildman–Crippen MR) is 94.1 cm³/mol. The van der Waals surface area contributed by atoms with E-state index in [1.54, 1.807) is 18.2 Å². The Morgan fingerprint density at radius 2 is 2.00 bits per heavy atom. The summed E-state index contributed by atoms with van der Waals surface area (Å²) in [5.74, 6) is -1.68. The molecule has 0 saturated carbocycles. The summed E-state index contributed by atoms with van der Waals surface area (Å²) in [7, 11) is 0. The van der Waals surface area contributed by atoms with E-state index in [0.717, 1.165) is 5.56 Å². The molecule has 0 aliphatic carbocycles. The third-order valence-electron chi connectivity index (χ3n) is 3.15. The maximum atomic E-state index is 12.0. The molecule has 2 amide bonds. The summed E-state index contributed by atoms with van der Waals surface area (Å²) >= 11 is 3.08. The van der Waals surface area contributed by atoms with E-state index in [9.17, 15) is 14.4 Å². The van der Waals surface area contributed by atoms with Gasteiger partial charge in [0.2, 0.25) is 0 Å². The van der Waals surface area contributed by atoms with E-state index in [-0.39, 0.29) is 12.3 Å². The largest absolute Gasteiger partial charge is 0.451 e. The number of hydrogen-bond acceptors (Lipinski definition) is 5. The molecule has 2 rings (SSSR count). The zero-order valence-electron chi connectivity index (χ0n) is 13.7. The number of benzene rings is 1. The second kappa shape index (κ2) is 8.48. The Hall–Kier alpha value is -2.61. The van der Waals surface area contributed by atoms with Crippen molar-refractivity contribution in [1.29, 1.82) is 0 Å². The van der Waals surface area contributed by atoms with Crippen molar-refractivity contribution >= 4 is 39.4 Å². The van der Waals surface area contributed by atoms with E-state index in [1.165, 1.54) is 13.0 Å². The van der Waals surface area contributed by atoms with Crippen molar-refractivity contribution in [3.05, 3.63) is 52.4 Å². The number of rotatable bonds is 6. The molecular weight excluding hydrogens is 392 g/mol. The zero-order chi connectivity index (χ0) is 18.4. The molecule has 0 aliphatic heterocycles. The van der Waals surface area contributed by atoms with E-state index < -0.39 is 23.9 Å². The smallest absolute Gasteiger partial charge is 0.326 e. The molecule has 0 aliphatic rings. The van der Waals surface area contributed by atoms with Gasteiger partial charge in [-0.25, -0.2) is 0 Å². The number of amides is 2. The van der Waals surface area contributed by atoms with Crippen LogP contribution in [0.15, 0.2) is 45.5 Å². The summed E-state index contributed by atoms with van der Waals surface area (Å²) in [5, 5.41) is 5.01. The Balaban J connectivity index is 1.79. The highest BCUT2D eigenvalue weighted by Crippen LogP contribution is 2.13. The van der Waals surface area contributed by atoms with Crippen molar-refractivity contribution in [1.82, 2.24) is 5.32 Å². The Labute approximate surface area is 152 Å². The summed E-state index contributed by atoms with van der Waals surface area (Å²) in [6.45, 7) is 2.98. The van der Waals surface area contributed by atoms with Crippen LogP contribution in [0.4, 0.5) is 5.69 Å². The van der Waals surface area contributed by atoms with Gasteiger partial charge in [-0.3, -0.25) is 14.4 Å². The van der Waals surface area contributed by atoms with Gasteiger partial charge >= 0.3 is 5.97 Å². The van der Waals surface area contributed by atoms with Gasteiger partial charge in [-0.05, 0) is 59.6 Å². The molecular formula is C17H17BrN2O5. The molecule has 7 nitrogen and oxygen atoms in total. The van der Waals surface area contributed by atoms with Gasteiger partial charge < -0.3 is 19.8 Å². The molecule has 8 heteroatoms. The molecule has 0 unspecified atom stereocenters. The molecule has 1 heterocycles. The second-order valence-corrected chi connectivity index (χ2v) is 6.06. The molecule has 25 heavy (non-hydrogen) atoms. The van der Waals surface area contributed by atoms with Crippen molar-refractivity contribution in [3.63, 3.8) is 0 Å². The SMILES string of the molecule is Cc1cccc(NC(=O)[C@@H](C)OC(=O)CNC(=O)c2ccc(Br)o2)c1. The van der Waals surface area contributed by atoms with Crippen molar-refractivity contribution < 1.29 is 23.5 Å². The lowest BCUT2D eigenvalue weighted by Crippen LogP contribution is -2.35. The number of carbonyl (C=O) groups excluding carboxylic acids is 3. The number of carbonyl (C=O) groups is 3. The Morgan fingerprint density at radius 3 is 2.64 bits per heavy atom. The molecule has 132 valence electrons. The molecule has 0 fully saturated rings. The number of esters is 1. The number of anilines is 1. The molecule has 1 aromatic carbocycles. The van der Waals surface area contributed by atoms with E-state index in [1.807, 2.05) is 19.1 Å². The molecule has 0 bridgehead atoms. The van der Waals surface area contributed by atoms with Crippen LogP contribution in [0.3, 0.4) is 0 Å². The molecule has 2 aromatic rings. The lowest BCUT2D eigenvalue weighted by Gasteiger charge is -2.14. The summed E-state index contributed by atoms with van der Waals surface area (Å²) in [6, 6.07) is 10.3. The number of aryl methyl sites for hydroxylation is 1. The van der Waals surface area contributed by atoms with Crippen LogP contribution in [0.1, 0.15) is 23.0 Å². The average Bonchev–Trinajstić information content (AvgIpc) is 2.99. The minimum absolute atomic E-state index is 0.0601. The van der Waals surface area contributed by atoms with Crippen molar-refractivity contribution in [2.75, 3.05) is 11.9 Å². The van der Waals surface area contributed by atoms with Gasteiger partial charge in [-0.2, -0.15) is 0 Å². The van der Waals surface area contributed by atoms with Crippen molar-refractivity contribution in [2.24, 2.45) is 0 Å². The summed E-state index contributed by atoms with van der Waals surface area (Å²) in [5.41, 5.74) is 1.61. The quantitative estimate of drug-likeness (QED) is 0.715. The van der Waals surface area contributed by atoms with Crippen LogP contribution in [0, 0.1) is 6.92 Å². The summed E-state index contributed by atoms with van der Waals surface area (Å²) < 4.78 is 10.5. The Bertz CT molecular complexity index is 787. The first-order valence-electron chi connectivity index (χ1n) is 7.45. The average molecular weight is 409 g/mol. The first kappa shape index (κ1) is 18.7. The van der Waals surface area contributed by atoms with Gasteiger partial charge in [0.1, 0.15) is 6.54 Å². The maximum absolute atomic E-state index is 12.0. The fraction of sp³-hybridized carbons (Fsp3) is 0.235. The zero-order valence-corrected chi connectivity index (χ0v) is 15.3. The molecule has 0 saturated heterocycles.